The van der Waals surface area contributed by atoms with Gasteiger partial charge in [-0.25, -0.2) is 8.78 Å². The Hall–Kier alpha value is -1.46. The largest absolute Gasteiger partial charge is 0.494 e. The number of hydrogen-bond donors (Lipinski definition) is 1. The molecule has 2 nitrogen and oxygen atoms in total. The summed E-state index contributed by atoms with van der Waals surface area (Å²) in [5.41, 5.74) is 0.849. The number of halogens is 3. The van der Waals surface area contributed by atoms with Crippen LogP contribution in [0.4, 0.5) is 8.78 Å². The van der Waals surface area contributed by atoms with E-state index >= 15 is 0 Å². The number of rotatable bonds is 5. The number of aliphatic hydroxyl groups is 1. The molecule has 21 heavy (non-hydrogen) atoms. The highest BCUT2D eigenvalue weighted by Crippen LogP contribution is 2.32. The number of hydrogen-bond acceptors (Lipinski definition) is 2. The molecule has 0 radical (unpaired) electrons. The van der Waals surface area contributed by atoms with Gasteiger partial charge in [0.05, 0.1) is 11.1 Å². The van der Waals surface area contributed by atoms with Gasteiger partial charge in [-0.2, -0.15) is 0 Å². The number of ether oxygens (including phenoxy) is 1. The first-order valence-electron chi connectivity index (χ1n) is 6.58. The van der Waals surface area contributed by atoms with Crippen molar-refractivity contribution in [1.82, 2.24) is 0 Å². The van der Waals surface area contributed by atoms with Gasteiger partial charge in [-0.1, -0.05) is 25.1 Å². The summed E-state index contributed by atoms with van der Waals surface area (Å²) < 4.78 is 32.0. The van der Waals surface area contributed by atoms with Crippen molar-refractivity contribution in [3.05, 3.63) is 63.6 Å². The van der Waals surface area contributed by atoms with E-state index < -0.39 is 17.7 Å². The van der Waals surface area contributed by atoms with E-state index in [1.54, 1.807) is 24.3 Å². The Kier molecular flexibility index (Phi) is 5.31. The summed E-state index contributed by atoms with van der Waals surface area (Å²) >= 11 is 2.98. The van der Waals surface area contributed by atoms with Crippen molar-refractivity contribution >= 4 is 15.9 Å². The molecule has 0 spiro atoms. The van der Waals surface area contributed by atoms with E-state index in [2.05, 4.69) is 15.9 Å². The molecule has 0 aromatic heterocycles. The molecule has 2 aromatic carbocycles. The lowest BCUT2D eigenvalue weighted by Gasteiger charge is -2.14. The molecule has 5 heteroatoms. The van der Waals surface area contributed by atoms with E-state index in [0.717, 1.165) is 12.5 Å². The predicted octanol–water partition coefficient (Wildman–Crippen LogP) is 4.60. The fourth-order valence-corrected chi connectivity index (χ4v) is 2.44. The first kappa shape index (κ1) is 15.9. The summed E-state index contributed by atoms with van der Waals surface area (Å²) in [6.07, 6.45) is -0.138. The van der Waals surface area contributed by atoms with Crippen molar-refractivity contribution in [3.63, 3.8) is 0 Å². The van der Waals surface area contributed by atoms with Crippen molar-refractivity contribution in [2.24, 2.45) is 0 Å². The number of aliphatic hydroxyl groups excluding tert-OH is 1. The lowest BCUT2D eigenvalue weighted by Crippen LogP contribution is -2.03. The fourth-order valence-electron chi connectivity index (χ4n) is 1.90. The van der Waals surface area contributed by atoms with Gasteiger partial charge in [0.2, 0.25) is 0 Å². The van der Waals surface area contributed by atoms with Crippen LogP contribution in [0, 0.1) is 11.6 Å². The van der Waals surface area contributed by atoms with E-state index in [9.17, 15) is 13.9 Å². The lowest BCUT2D eigenvalue weighted by atomic mass is 10.0. The minimum Gasteiger partial charge on any atom is -0.494 e. The topological polar surface area (TPSA) is 29.5 Å². The van der Waals surface area contributed by atoms with Gasteiger partial charge >= 0.3 is 0 Å². The normalized spacial score (nSPS) is 12.2. The highest BCUT2D eigenvalue weighted by Gasteiger charge is 2.18. The van der Waals surface area contributed by atoms with Crippen LogP contribution in [0.2, 0.25) is 0 Å². The van der Waals surface area contributed by atoms with Crippen LogP contribution in [0.15, 0.2) is 40.9 Å². The van der Waals surface area contributed by atoms with Gasteiger partial charge in [0.15, 0.2) is 11.6 Å². The van der Waals surface area contributed by atoms with Gasteiger partial charge in [0.1, 0.15) is 11.9 Å². The quantitative estimate of drug-likeness (QED) is 0.793. The van der Waals surface area contributed by atoms with Crippen LogP contribution in [0.1, 0.15) is 30.6 Å². The average molecular weight is 357 g/mol. The third-order valence-corrected chi connectivity index (χ3v) is 3.83. The van der Waals surface area contributed by atoms with Gasteiger partial charge in [0, 0.05) is 5.56 Å². The van der Waals surface area contributed by atoms with Crippen LogP contribution in [-0.2, 0) is 0 Å². The van der Waals surface area contributed by atoms with Crippen LogP contribution in [-0.4, -0.2) is 11.7 Å². The first-order chi connectivity index (χ1) is 10.0. The number of benzene rings is 2. The SMILES string of the molecule is CCCOc1ccc(C(O)c2ccc(F)c(F)c2Br)cc1. The highest BCUT2D eigenvalue weighted by atomic mass is 79.9. The minimum absolute atomic E-state index is 0.0682. The standard InChI is InChI=1S/C16H15BrF2O2/c1-2-9-21-11-5-3-10(4-6-11)16(20)12-7-8-13(18)15(19)14(12)17/h3-8,16,20H,2,9H2,1H3. The smallest absolute Gasteiger partial charge is 0.173 e. The Morgan fingerprint density at radius 1 is 1.14 bits per heavy atom. The van der Waals surface area contributed by atoms with Crippen molar-refractivity contribution in [2.45, 2.75) is 19.4 Å². The van der Waals surface area contributed by atoms with Gasteiger partial charge in [-0.3, -0.25) is 0 Å². The van der Waals surface area contributed by atoms with Gasteiger partial charge in [-0.15, -0.1) is 0 Å². The first-order valence-corrected chi connectivity index (χ1v) is 7.38. The molecular formula is C16H15BrF2O2. The summed E-state index contributed by atoms with van der Waals surface area (Å²) in [7, 11) is 0. The Labute approximate surface area is 130 Å². The Balaban J connectivity index is 2.24. The van der Waals surface area contributed by atoms with E-state index in [-0.39, 0.29) is 10.0 Å². The second kappa shape index (κ2) is 7.00. The average Bonchev–Trinajstić information content (AvgIpc) is 2.51. The van der Waals surface area contributed by atoms with E-state index in [1.165, 1.54) is 6.07 Å². The monoisotopic (exact) mass is 356 g/mol. The zero-order valence-electron chi connectivity index (χ0n) is 11.4. The third kappa shape index (κ3) is 3.60. The van der Waals surface area contributed by atoms with Crippen molar-refractivity contribution < 1.29 is 18.6 Å². The fraction of sp³-hybridized carbons (Fsp3) is 0.250. The zero-order chi connectivity index (χ0) is 15.4. The molecule has 0 aliphatic carbocycles. The van der Waals surface area contributed by atoms with Crippen LogP contribution in [0.3, 0.4) is 0 Å². The second-order valence-corrected chi connectivity index (χ2v) is 5.38. The Morgan fingerprint density at radius 3 is 2.43 bits per heavy atom. The molecule has 0 heterocycles. The van der Waals surface area contributed by atoms with E-state index in [0.29, 0.717) is 17.9 Å². The molecule has 1 atom stereocenters. The zero-order valence-corrected chi connectivity index (χ0v) is 13.0. The molecule has 0 saturated heterocycles. The maximum absolute atomic E-state index is 13.5. The molecule has 0 aliphatic heterocycles. The molecule has 1 N–H and O–H groups in total. The molecule has 0 bridgehead atoms. The lowest BCUT2D eigenvalue weighted by molar-refractivity contribution is 0.218. The van der Waals surface area contributed by atoms with Gasteiger partial charge in [-0.05, 0) is 46.1 Å². The molecule has 1 unspecified atom stereocenters. The van der Waals surface area contributed by atoms with Crippen molar-refractivity contribution in [2.75, 3.05) is 6.61 Å². The Bertz CT molecular complexity index is 614. The van der Waals surface area contributed by atoms with Crippen molar-refractivity contribution in [1.29, 1.82) is 0 Å². The summed E-state index contributed by atoms with van der Waals surface area (Å²) in [6, 6.07) is 9.22. The van der Waals surface area contributed by atoms with Gasteiger partial charge in [0.25, 0.3) is 0 Å². The molecule has 0 saturated carbocycles. The molecule has 2 aromatic rings. The Morgan fingerprint density at radius 2 is 1.81 bits per heavy atom. The molecule has 0 aliphatic rings. The summed E-state index contributed by atoms with van der Waals surface area (Å²) in [6.45, 7) is 2.63. The predicted molar refractivity (Wildman–Crippen MR) is 80.3 cm³/mol. The molecule has 112 valence electrons. The van der Waals surface area contributed by atoms with Crippen LogP contribution in [0.5, 0.6) is 5.75 Å². The van der Waals surface area contributed by atoms with Crippen LogP contribution in [0.25, 0.3) is 0 Å². The molecular weight excluding hydrogens is 342 g/mol. The van der Waals surface area contributed by atoms with E-state index in [1.807, 2.05) is 6.92 Å². The molecule has 2 rings (SSSR count). The van der Waals surface area contributed by atoms with E-state index in [4.69, 9.17) is 4.74 Å². The summed E-state index contributed by atoms with van der Waals surface area (Å²) in [5.74, 6) is -1.26. The van der Waals surface area contributed by atoms with Crippen LogP contribution < -0.4 is 4.74 Å². The highest BCUT2D eigenvalue weighted by molar-refractivity contribution is 9.10. The second-order valence-electron chi connectivity index (χ2n) is 4.58. The molecule has 0 amide bonds. The van der Waals surface area contributed by atoms with Crippen molar-refractivity contribution in [3.8, 4) is 5.75 Å². The summed E-state index contributed by atoms with van der Waals surface area (Å²) in [4.78, 5) is 0. The third-order valence-electron chi connectivity index (χ3n) is 3.03. The van der Waals surface area contributed by atoms with Gasteiger partial charge < -0.3 is 9.84 Å². The maximum Gasteiger partial charge on any atom is 0.173 e. The molecule has 0 fully saturated rings. The van der Waals surface area contributed by atoms with Crippen LogP contribution >= 0.6 is 15.9 Å². The maximum atomic E-state index is 13.5. The minimum atomic E-state index is -1.05. The summed E-state index contributed by atoms with van der Waals surface area (Å²) in [5, 5.41) is 10.3.